The second kappa shape index (κ2) is 11.1. The lowest BCUT2D eigenvalue weighted by atomic mass is 10.1. The van der Waals surface area contributed by atoms with Crippen LogP contribution in [0.2, 0.25) is 0 Å². The number of halogens is 1. The quantitative estimate of drug-likeness (QED) is 0.320. The number of ether oxygens (including phenoxy) is 2. The molecule has 0 aliphatic carbocycles. The standard InChI is InChI=1S/C25H25N3O3S.ClH/c1-27(2)15-16-28(25-26-21-14-13-19(30-3)17-23(21)32-25)24(29)20-11-7-8-12-22(20)31-18-9-5-4-6-10-18;/h4-14,17H,15-16H2,1-3H3;1H. The number of hydrogen-bond acceptors (Lipinski definition) is 6. The number of rotatable bonds is 8. The second-order valence-corrected chi connectivity index (χ2v) is 8.51. The molecule has 1 heterocycles. The minimum atomic E-state index is -0.149. The van der Waals surface area contributed by atoms with E-state index in [9.17, 15) is 4.79 Å². The fraction of sp³-hybridized carbons (Fsp3) is 0.200. The summed E-state index contributed by atoms with van der Waals surface area (Å²) >= 11 is 1.47. The van der Waals surface area contributed by atoms with Gasteiger partial charge in [-0.3, -0.25) is 9.69 Å². The zero-order valence-corrected chi connectivity index (χ0v) is 20.4. The molecule has 0 aliphatic rings. The molecule has 33 heavy (non-hydrogen) atoms. The van der Waals surface area contributed by atoms with Crippen LogP contribution in [0.3, 0.4) is 0 Å². The van der Waals surface area contributed by atoms with Crippen molar-refractivity contribution in [3.8, 4) is 17.2 Å². The van der Waals surface area contributed by atoms with Crippen molar-refractivity contribution in [3.05, 3.63) is 78.4 Å². The van der Waals surface area contributed by atoms with Gasteiger partial charge in [0.05, 0.1) is 22.9 Å². The number of benzene rings is 3. The van der Waals surface area contributed by atoms with E-state index in [1.54, 1.807) is 18.1 Å². The Balaban J connectivity index is 0.00000306. The predicted molar refractivity (Wildman–Crippen MR) is 137 cm³/mol. The average Bonchev–Trinajstić information content (AvgIpc) is 3.22. The maximum absolute atomic E-state index is 13.7. The molecular formula is C25H26ClN3O3S. The molecule has 0 spiro atoms. The van der Waals surface area contributed by atoms with Crippen LogP contribution in [0.1, 0.15) is 10.4 Å². The predicted octanol–water partition coefficient (Wildman–Crippen LogP) is 5.73. The summed E-state index contributed by atoms with van der Waals surface area (Å²) in [6.45, 7) is 1.20. The number of fused-ring (bicyclic) bond motifs is 1. The third kappa shape index (κ3) is 5.82. The molecule has 3 aromatic carbocycles. The minimum Gasteiger partial charge on any atom is -0.497 e. The number of methoxy groups -OCH3 is 1. The summed E-state index contributed by atoms with van der Waals surface area (Å²) in [5.74, 6) is 1.81. The largest absolute Gasteiger partial charge is 0.497 e. The zero-order chi connectivity index (χ0) is 22.5. The number of anilines is 1. The van der Waals surface area contributed by atoms with E-state index in [0.717, 1.165) is 16.0 Å². The van der Waals surface area contributed by atoms with Crippen LogP contribution in [0.15, 0.2) is 72.8 Å². The minimum absolute atomic E-state index is 0. The van der Waals surface area contributed by atoms with Gasteiger partial charge in [-0.15, -0.1) is 12.4 Å². The first-order valence-electron chi connectivity index (χ1n) is 10.3. The summed E-state index contributed by atoms with van der Waals surface area (Å²) in [5.41, 5.74) is 1.33. The number of carbonyl (C=O) groups is 1. The first kappa shape index (κ1) is 24.5. The van der Waals surface area contributed by atoms with Gasteiger partial charge in [0.2, 0.25) is 0 Å². The first-order valence-corrected chi connectivity index (χ1v) is 11.1. The van der Waals surface area contributed by atoms with Gasteiger partial charge < -0.3 is 14.4 Å². The molecule has 1 amide bonds. The lowest BCUT2D eigenvalue weighted by Gasteiger charge is -2.23. The lowest BCUT2D eigenvalue weighted by Crippen LogP contribution is -2.36. The molecule has 4 aromatic rings. The van der Waals surface area contributed by atoms with Crippen LogP contribution in [-0.2, 0) is 0 Å². The summed E-state index contributed by atoms with van der Waals surface area (Å²) in [7, 11) is 5.61. The number of nitrogens with zero attached hydrogens (tertiary/aromatic N) is 3. The topological polar surface area (TPSA) is 54.9 Å². The molecule has 172 valence electrons. The summed E-state index contributed by atoms with van der Waals surface area (Å²) in [5, 5.41) is 0.648. The molecule has 0 unspecified atom stereocenters. The number of hydrogen-bond donors (Lipinski definition) is 0. The molecule has 8 heteroatoms. The summed E-state index contributed by atoms with van der Waals surface area (Å²) < 4.78 is 12.3. The fourth-order valence-electron chi connectivity index (χ4n) is 3.21. The van der Waals surface area contributed by atoms with E-state index in [0.29, 0.717) is 35.3 Å². The Morgan fingerprint density at radius 1 is 0.939 bits per heavy atom. The van der Waals surface area contributed by atoms with E-state index in [-0.39, 0.29) is 18.3 Å². The van der Waals surface area contributed by atoms with Gasteiger partial charge >= 0.3 is 0 Å². The van der Waals surface area contributed by atoms with E-state index in [1.807, 2.05) is 85.7 Å². The second-order valence-electron chi connectivity index (χ2n) is 7.50. The molecule has 0 aliphatic heterocycles. The summed E-state index contributed by atoms with van der Waals surface area (Å²) in [4.78, 5) is 22.2. The van der Waals surface area contributed by atoms with Gasteiger partial charge in [0.25, 0.3) is 5.91 Å². The average molecular weight is 484 g/mol. The highest BCUT2D eigenvalue weighted by atomic mass is 35.5. The molecule has 0 saturated carbocycles. The van der Waals surface area contributed by atoms with Gasteiger partial charge in [-0.1, -0.05) is 41.7 Å². The van der Waals surface area contributed by atoms with Crippen molar-refractivity contribution in [1.82, 2.24) is 9.88 Å². The van der Waals surface area contributed by atoms with E-state index < -0.39 is 0 Å². The molecule has 0 N–H and O–H groups in total. The molecule has 0 atom stereocenters. The van der Waals surface area contributed by atoms with Gasteiger partial charge in [-0.2, -0.15) is 0 Å². The van der Waals surface area contributed by atoms with Gasteiger partial charge in [-0.25, -0.2) is 4.98 Å². The number of amides is 1. The Morgan fingerprint density at radius 3 is 2.39 bits per heavy atom. The summed E-state index contributed by atoms with van der Waals surface area (Å²) in [6, 6.07) is 22.5. The normalized spacial score (nSPS) is 10.7. The van der Waals surface area contributed by atoms with Gasteiger partial charge in [0.15, 0.2) is 5.13 Å². The maximum Gasteiger partial charge on any atom is 0.263 e. The highest BCUT2D eigenvalue weighted by molar-refractivity contribution is 7.22. The Kier molecular flexibility index (Phi) is 8.27. The van der Waals surface area contributed by atoms with Crippen molar-refractivity contribution in [1.29, 1.82) is 0 Å². The van der Waals surface area contributed by atoms with Crippen molar-refractivity contribution in [2.45, 2.75) is 0 Å². The zero-order valence-electron chi connectivity index (χ0n) is 18.7. The molecule has 0 radical (unpaired) electrons. The molecule has 0 saturated heterocycles. The number of para-hydroxylation sites is 2. The highest BCUT2D eigenvalue weighted by Gasteiger charge is 2.24. The maximum atomic E-state index is 13.7. The van der Waals surface area contributed by atoms with Crippen molar-refractivity contribution >= 4 is 45.0 Å². The van der Waals surface area contributed by atoms with E-state index in [2.05, 4.69) is 0 Å². The monoisotopic (exact) mass is 483 g/mol. The van der Waals surface area contributed by atoms with E-state index >= 15 is 0 Å². The van der Waals surface area contributed by atoms with Gasteiger partial charge in [0.1, 0.15) is 17.2 Å². The van der Waals surface area contributed by atoms with Crippen molar-refractivity contribution in [3.63, 3.8) is 0 Å². The SMILES string of the molecule is COc1ccc2nc(N(CCN(C)C)C(=O)c3ccccc3Oc3ccccc3)sc2c1.Cl. The van der Waals surface area contributed by atoms with Gasteiger partial charge in [-0.05, 0) is 56.6 Å². The van der Waals surface area contributed by atoms with Crippen LogP contribution >= 0.6 is 23.7 Å². The van der Waals surface area contributed by atoms with Crippen LogP contribution in [0, 0.1) is 0 Å². The van der Waals surface area contributed by atoms with Crippen molar-refractivity contribution < 1.29 is 14.3 Å². The number of thiazole rings is 1. The van der Waals surface area contributed by atoms with Crippen LogP contribution in [0.25, 0.3) is 10.2 Å². The highest BCUT2D eigenvalue weighted by Crippen LogP contribution is 2.33. The Hall–Kier alpha value is -3.13. The van der Waals surface area contributed by atoms with E-state index in [1.165, 1.54) is 11.3 Å². The third-order valence-electron chi connectivity index (χ3n) is 4.92. The molecule has 4 rings (SSSR count). The molecule has 1 aromatic heterocycles. The lowest BCUT2D eigenvalue weighted by molar-refractivity contribution is 0.0983. The summed E-state index contributed by atoms with van der Waals surface area (Å²) in [6.07, 6.45) is 0. The van der Waals surface area contributed by atoms with Crippen molar-refractivity contribution in [2.24, 2.45) is 0 Å². The van der Waals surface area contributed by atoms with Crippen LogP contribution in [-0.4, -0.2) is 50.1 Å². The number of carbonyl (C=O) groups excluding carboxylic acids is 1. The van der Waals surface area contributed by atoms with Crippen LogP contribution < -0.4 is 14.4 Å². The van der Waals surface area contributed by atoms with E-state index in [4.69, 9.17) is 14.5 Å². The first-order chi connectivity index (χ1) is 15.5. The van der Waals surface area contributed by atoms with Crippen LogP contribution in [0.5, 0.6) is 17.2 Å². The van der Waals surface area contributed by atoms with Gasteiger partial charge in [0, 0.05) is 13.1 Å². The fourth-order valence-corrected chi connectivity index (χ4v) is 4.23. The Labute approximate surface area is 203 Å². The number of aromatic nitrogens is 1. The van der Waals surface area contributed by atoms with Crippen molar-refractivity contribution in [2.75, 3.05) is 39.2 Å². The van der Waals surface area contributed by atoms with Crippen LogP contribution in [0.4, 0.5) is 5.13 Å². The molecule has 6 nitrogen and oxygen atoms in total. The smallest absolute Gasteiger partial charge is 0.263 e. The Morgan fingerprint density at radius 2 is 1.67 bits per heavy atom. The molecular weight excluding hydrogens is 458 g/mol. The molecule has 0 bridgehead atoms. The number of likely N-dealkylation sites (N-methyl/N-ethyl adjacent to an activating group) is 1. The third-order valence-corrected chi connectivity index (χ3v) is 5.96. The molecule has 0 fully saturated rings. The Bertz CT molecular complexity index is 1210.